The monoisotopic (exact) mass is 328 g/mol. The molecule has 0 saturated carbocycles. The minimum Gasteiger partial charge on any atom is -0.491 e. The van der Waals surface area contributed by atoms with E-state index in [9.17, 15) is 4.79 Å². The summed E-state index contributed by atoms with van der Waals surface area (Å²) in [6.45, 7) is 3.81. The lowest BCUT2D eigenvalue weighted by atomic mass is 10.2. The van der Waals surface area contributed by atoms with Gasteiger partial charge in [0.1, 0.15) is 12.4 Å². The molecule has 1 aromatic rings. The molecule has 1 N–H and O–H groups in total. The fourth-order valence-electron chi connectivity index (χ4n) is 1.37. The van der Waals surface area contributed by atoms with E-state index in [2.05, 4.69) is 22.9 Å². The molecule has 1 aromatic carbocycles. The molecule has 0 amide bonds. The molecule has 0 saturated heterocycles. The Labute approximate surface area is 121 Å². The van der Waals surface area contributed by atoms with Crippen molar-refractivity contribution in [1.82, 2.24) is 0 Å². The number of carbonyl (C=O) groups is 1. The zero-order chi connectivity index (χ0) is 14.1. The second-order valence-electron chi connectivity index (χ2n) is 3.82. The van der Waals surface area contributed by atoms with Crippen LogP contribution in [0.3, 0.4) is 0 Å². The van der Waals surface area contributed by atoms with E-state index in [1.54, 1.807) is 6.07 Å². The Hall–Kier alpha value is -1.33. The fourth-order valence-corrected chi connectivity index (χ4v) is 1.74. The van der Waals surface area contributed by atoms with E-state index in [1.165, 1.54) is 6.08 Å². The maximum atomic E-state index is 10.5. The highest BCUT2D eigenvalue weighted by molar-refractivity contribution is 9.10. The Morgan fingerprint density at radius 2 is 2.16 bits per heavy atom. The second-order valence-corrected chi connectivity index (χ2v) is 4.67. The van der Waals surface area contributed by atoms with Crippen LogP contribution in [0.4, 0.5) is 0 Å². The molecule has 0 fully saturated rings. The van der Waals surface area contributed by atoms with E-state index in [1.807, 2.05) is 12.1 Å². The maximum absolute atomic E-state index is 10.5. The van der Waals surface area contributed by atoms with Crippen molar-refractivity contribution < 1.29 is 19.4 Å². The summed E-state index contributed by atoms with van der Waals surface area (Å²) < 4.78 is 11.7. The Morgan fingerprint density at radius 1 is 1.37 bits per heavy atom. The van der Waals surface area contributed by atoms with E-state index in [0.29, 0.717) is 19.0 Å². The second kappa shape index (κ2) is 8.72. The van der Waals surface area contributed by atoms with Crippen molar-refractivity contribution in [3.05, 3.63) is 34.3 Å². The van der Waals surface area contributed by atoms with Crippen molar-refractivity contribution in [2.75, 3.05) is 19.8 Å². The average Bonchev–Trinajstić information content (AvgIpc) is 2.38. The smallest absolute Gasteiger partial charge is 0.328 e. The lowest BCUT2D eigenvalue weighted by molar-refractivity contribution is -0.131. The van der Waals surface area contributed by atoms with Crippen LogP contribution >= 0.6 is 15.9 Å². The predicted octanol–water partition coefficient (Wildman–Crippen LogP) is 3.35. The van der Waals surface area contributed by atoms with E-state index < -0.39 is 5.97 Å². The minimum absolute atomic E-state index is 0.476. The molecule has 1 rings (SSSR count). The van der Waals surface area contributed by atoms with Gasteiger partial charge in [-0.2, -0.15) is 0 Å². The summed E-state index contributed by atoms with van der Waals surface area (Å²) >= 11 is 3.36. The van der Waals surface area contributed by atoms with Gasteiger partial charge in [-0.05, 0) is 36.3 Å². The molecule has 0 bridgehead atoms. The minimum atomic E-state index is -0.980. The lowest BCUT2D eigenvalue weighted by Crippen LogP contribution is -2.07. The van der Waals surface area contributed by atoms with Crippen molar-refractivity contribution in [1.29, 1.82) is 0 Å². The molecule has 4 nitrogen and oxygen atoms in total. The molecule has 5 heteroatoms. The highest BCUT2D eigenvalue weighted by Gasteiger charge is 2.01. The first-order valence-corrected chi connectivity index (χ1v) is 6.84. The van der Waals surface area contributed by atoms with Gasteiger partial charge in [0.05, 0.1) is 6.61 Å². The van der Waals surface area contributed by atoms with E-state index in [-0.39, 0.29) is 0 Å². The molecule has 0 aliphatic rings. The summed E-state index contributed by atoms with van der Waals surface area (Å²) in [5, 5.41) is 8.61. The maximum Gasteiger partial charge on any atom is 0.328 e. The number of carboxylic acids is 1. The zero-order valence-electron chi connectivity index (χ0n) is 10.8. The predicted molar refractivity (Wildman–Crippen MR) is 77.4 cm³/mol. The SMILES string of the molecule is CCCOCCOc1ccc(Br)c(/C=C/C(=O)O)c1. The highest BCUT2D eigenvalue weighted by Crippen LogP contribution is 2.23. The first-order valence-electron chi connectivity index (χ1n) is 6.04. The fraction of sp³-hybridized carbons (Fsp3) is 0.357. The van der Waals surface area contributed by atoms with Crippen molar-refractivity contribution in [3.63, 3.8) is 0 Å². The summed E-state index contributed by atoms with van der Waals surface area (Å²) in [6.07, 6.45) is 3.60. The van der Waals surface area contributed by atoms with E-state index in [0.717, 1.165) is 29.1 Å². The summed E-state index contributed by atoms with van der Waals surface area (Å²) in [4.78, 5) is 10.5. The van der Waals surface area contributed by atoms with Crippen molar-refractivity contribution >= 4 is 28.0 Å². The summed E-state index contributed by atoms with van der Waals surface area (Å²) in [6, 6.07) is 5.43. The quantitative estimate of drug-likeness (QED) is 0.587. The first-order chi connectivity index (χ1) is 9.13. The molecule has 0 atom stereocenters. The number of aliphatic carboxylic acids is 1. The molecule has 0 aromatic heterocycles. The van der Waals surface area contributed by atoms with Gasteiger partial charge in [-0.1, -0.05) is 22.9 Å². The van der Waals surface area contributed by atoms with Gasteiger partial charge in [0.25, 0.3) is 0 Å². The van der Waals surface area contributed by atoms with Gasteiger partial charge < -0.3 is 14.6 Å². The standard InChI is InChI=1S/C14H17BrO4/c1-2-7-18-8-9-19-12-4-5-13(15)11(10-12)3-6-14(16)17/h3-6,10H,2,7-9H2,1H3,(H,16,17)/b6-3+. The van der Waals surface area contributed by atoms with Crippen LogP contribution in [0, 0.1) is 0 Å². The van der Waals surface area contributed by atoms with Crippen molar-refractivity contribution in [2.45, 2.75) is 13.3 Å². The number of carboxylic acid groups (broad SMARTS) is 1. The van der Waals surface area contributed by atoms with E-state index >= 15 is 0 Å². The third kappa shape index (κ3) is 6.40. The van der Waals surface area contributed by atoms with Crippen LogP contribution in [0.1, 0.15) is 18.9 Å². The molecule has 19 heavy (non-hydrogen) atoms. The van der Waals surface area contributed by atoms with Gasteiger partial charge >= 0.3 is 5.97 Å². The van der Waals surface area contributed by atoms with Crippen LogP contribution in [0.2, 0.25) is 0 Å². The number of hydrogen-bond donors (Lipinski definition) is 1. The van der Waals surface area contributed by atoms with Crippen molar-refractivity contribution in [2.24, 2.45) is 0 Å². The highest BCUT2D eigenvalue weighted by atomic mass is 79.9. The number of rotatable bonds is 8. The Morgan fingerprint density at radius 3 is 2.84 bits per heavy atom. The topological polar surface area (TPSA) is 55.8 Å². The Balaban J connectivity index is 2.55. The van der Waals surface area contributed by atoms with Gasteiger partial charge in [0.15, 0.2) is 0 Å². The van der Waals surface area contributed by atoms with Gasteiger partial charge in [0.2, 0.25) is 0 Å². The molecule has 0 spiro atoms. The lowest BCUT2D eigenvalue weighted by Gasteiger charge is -2.08. The van der Waals surface area contributed by atoms with Gasteiger partial charge in [0, 0.05) is 17.2 Å². The molecular formula is C14H17BrO4. The Bertz CT molecular complexity index is 443. The van der Waals surface area contributed by atoms with Crippen LogP contribution < -0.4 is 4.74 Å². The van der Waals surface area contributed by atoms with Crippen LogP contribution in [-0.2, 0) is 9.53 Å². The van der Waals surface area contributed by atoms with Gasteiger partial charge in [-0.25, -0.2) is 4.79 Å². The Kier molecular flexibility index (Phi) is 7.22. The summed E-state index contributed by atoms with van der Waals surface area (Å²) in [5.74, 6) is -0.292. The third-order valence-corrected chi connectivity index (χ3v) is 2.94. The zero-order valence-corrected chi connectivity index (χ0v) is 12.4. The number of benzene rings is 1. The normalized spacial score (nSPS) is 10.8. The molecule has 0 unspecified atom stereocenters. The molecule has 104 valence electrons. The average molecular weight is 329 g/mol. The molecule has 0 radical (unpaired) electrons. The van der Waals surface area contributed by atoms with Crippen LogP contribution in [0.15, 0.2) is 28.7 Å². The molecule has 0 aliphatic carbocycles. The summed E-state index contributed by atoms with van der Waals surface area (Å²) in [5.41, 5.74) is 0.759. The third-order valence-electron chi connectivity index (χ3n) is 2.22. The van der Waals surface area contributed by atoms with Crippen LogP contribution in [-0.4, -0.2) is 30.9 Å². The van der Waals surface area contributed by atoms with Crippen LogP contribution in [0.5, 0.6) is 5.75 Å². The molecular weight excluding hydrogens is 312 g/mol. The number of ether oxygens (including phenoxy) is 2. The van der Waals surface area contributed by atoms with Crippen LogP contribution in [0.25, 0.3) is 6.08 Å². The van der Waals surface area contributed by atoms with Crippen molar-refractivity contribution in [3.8, 4) is 5.75 Å². The van der Waals surface area contributed by atoms with E-state index in [4.69, 9.17) is 14.6 Å². The molecule has 0 aliphatic heterocycles. The van der Waals surface area contributed by atoms with Gasteiger partial charge in [-0.3, -0.25) is 0 Å². The molecule has 0 heterocycles. The number of halogens is 1. The number of hydrogen-bond acceptors (Lipinski definition) is 3. The van der Waals surface area contributed by atoms with Gasteiger partial charge in [-0.15, -0.1) is 0 Å². The first kappa shape index (κ1) is 15.7. The summed E-state index contributed by atoms with van der Waals surface area (Å²) in [7, 11) is 0. The largest absolute Gasteiger partial charge is 0.491 e.